The summed E-state index contributed by atoms with van der Waals surface area (Å²) in [6, 6.07) is 3.69. The average Bonchev–Trinajstić information content (AvgIpc) is 2.82. The van der Waals surface area contributed by atoms with Crippen LogP contribution in [0.3, 0.4) is 0 Å². The first-order valence-corrected chi connectivity index (χ1v) is 7.58. The molecular weight excluding hydrogens is 282 g/mol. The summed E-state index contributed by atoms with van der Waals surface area (Å²) in [5.74, 6) is 0.593. The van der Waals surface area contributed by atoms with E-state index in [9.17, 15) is 0 Å². The highest BCUT2D eigenvalue weighted by Gasteiger charge is 2.20. The first-order valence-electron chi connectivity index (χ1n) is 6.77. The molecule has 2 aromatic rings. The van der Waals surface area contributed by atoms with Crippen LogP contribution in [-0.4, -0.2) is 21.5 Å². The Bertz CT molecular complexity index is 651. The normalized spacial score (nSPS) is 11.2. The highest BCUT2D eigenvalue weighted by atomic mass is 32.1. The average molecular weight is 301 g/mol. The van der Waals surface area contributed by atoms with Crippen molar-refractivity contribution in [1.29, 1.82) is 5.26 Å². The summed E-state index contributed by atoms with van der Waals surface area (Å²) in [4.78, 5) is 16.2. The Labute approximate surface area is 129 Å². The molecule has 0 radical (unpaired) electrons. The standard InChI is InChI=1S/C15H19N5S/c1-11-18-8-13(21-11)9-20(10-15(2,3)4)14-17-6-5-12(7-16)19-14/h5-6,8H,9-10H2,1-4H3. The highest BCUT2D eigenvalue weighted by Crippen LogP contribution is 2.23. The summed E-state index contributed by atoms with van der Waals surface area (Å²) in [7, 11) is 0. The fourth-order valence-electron chi connectivity index (χ4n) is 2.00. The molecule has 2 heterocycles. The second-order valence-corrected chi connectivity index (χ2v) is 7.44. The first kappa shape index (κ1) is 15.4. The van der Waals surface area contributed by atoms with Gasteiger partial charge in [0.25, 0.3) is 0 Å². The minimum Gasteiger partial charge on any atom is -0.335 e. The van der Waals surface area contributed by atoms with E-state index in [1.54, 1.807) is 23.6 Å². The predicted molar refractivity (Wildman–Crippen MR) is 84.1 cm³/mol. The van der Waals surface area contributed by atoms with Gasteiger partial charge < -0.3 is 4.90 Å². The van der Waals surface area contributed by atoms with Crippen LogP contribution in [0.4, 0.5) is 5.95 Å². The molecule has 110 valence electrons. The Hall–Kier alpha value is -2.00. The third-order valence-corrected chi connectivity index (χ3v) is 3.62. The molecule has 0 unspecified atom stereocenters. The van der Waals surface area contributed by atoms with Gasteiger partial charge in [0.15, 0.2) is 0 Å². The van der Waals surface area contributed by atoms with E-state index < -0.39 is 0 Å². The summed E-state index contributed by atoms with van der Waals surface area (Å²) in [6.45, 7) is 10.0. The lowest BCUT2D eigenvalue weighted by atomic mass is 9.96. The van der Waals surface area contributed by atoms with Crippen molar-refractivity contribution in [3.8, 4) is 6.07 Å². The fourth-order valence-corrected chi connectivity index (χ4v) is 2.81. The maximum Gasteiger partial charge on any atom is 0.226 e. The molecule has 0 aliphatic heterocycles. The van der Waals surface area contributed by atoms with E-state index in [1.165, 1.54) is 4.88 Å². The van der Waals surface area contributed by atoms with Crippen LogP contribution in [0.1, 0.15) is 36.3 Å². The minimum absolute atomic E-state index is 0.103. The van der Waals surface area contributed by atoms with Gasteiger partial charge in [0.05, 0.1) is 11.6 Å². The van der Waals surface area contributed by atoms with Crippen molar-refractivity contribution in [3.63, 3.8) is 0 Å². The van der Waals surface area contributed by atoms with Crippen LogP contribution in [-0.2, 0) is 6.54 Å². The molecule has 5 nitrogen and oxygen atoms in total. The highest BCUT2D eigenvalue weighted by molar-refractivity contribution is 7.11. The van der Waals surface area contributed by atoms with Crippen LogP contribution < -0.4 is 4.90 Å². The zero-order chi connectivity index (χ0) is 15.5. The van der Waals surface area contributed by atoms with E-state index in [2.05, 4.69) is 46.7 Å². The molecule has 0 amide bonds. The van der Waals surface area contributed by atoms with Gasteiger partial charge >= 0.3 is 0 Å². The minimum atomic E-state index is 0.103. The number of nitrogens with zero attached hydrogens (tertiary/aromatic N) is 5. The monoisotopic (exact) mass is 301 g/mol. The molecule has 0 fully saturated rings. The SMILES string of the molecule is Cc1ncc(CN(CC(C)(C)C)c2nccc(C#N)n2)s1. The van der Waals surface area contributed by atoms with E-state index in [0.29, 0.717) is 18.2 Å². The first-order chi connectivity index (χ1) is 9.87. The van der Waals surface area contributed by atoms with Gasteiger partial charge in [0, 0.05) is 23.8 Å². The van der Waals surface area contributed by atoms with Crippen molar-refractivity contribution in [2.24, 2.45) is 5.41 Å². The quantitative estimate of drug-likeness (QED) is 0.867. The van der Waals surface area contributed by atoms with Crippen molar-refractivity contribution in [3.05, 3.63) is 34.0 Å². The van der Waals surface area contributed by atoms with Crippen LogP contribution in [0.2, 0.25) is 0 Å². The number of thiazole rings is 1. The van der Waals surface area contributed by atoms with Gasteiger partial charge in [0.2, 0.25) is 5.95 Å². The van der Waals surface area contributed by atoms with Gasteiger partial charge in [0.1, 0.15) is 11.8 Å². The van der Waals surface area contributed by atoms with Crippen molar-refractivity contribution in [1.82, 2.24) is 15.0 Å². The van der Waals surface area contributed by atoms with Crippen LogP contribution in [0.25, 0.3) is 0 Å². The van der Waals surface area contributed by atoms with Gasteiger partial charge in [-0.05, 0) is 18.4 Å². The molecule has 0 N–H and O–H groups in total. The third kappa shape index (κ3) is 4.50. The zero-order valence-electron chi connectivity index (χ0n) is 12.8. The molecule has 0 aromatic carbocycles. The van der Waals surface area contributed by atoms with Crippen LogP contribution in [0.5, 0.6) is 0 Å². The molecule has 2 aromatic heterocycles. The van der Waals surface area contributed by atoms with Gasteiger partial charge in [-0.1, -0.05) is 20.8 Å². The summed E-state index contributed by atoms with van der Waals surface area (Å²) in [6.07, 6.45) is 3.53. The van der Waals surface area contributed by atoms with E-state index in [4.69, 9.17) is 5.26 Å². The number of rotatable bonds is 4. The van der Waals surface area contributed by atoms with Gasteiger partial charge in [-0.25, -0.2) is 15.0 Å². The molecule has 2 rings (SSSR count). The second-order valence-electron chi connectivity index (χ2n) is 6.12. The molecule has 0 saturated heterocycles. The summed E-state index contributed by atoms with van der Waals surface area (Å²) in [5, 5.41) is 10.1. The topological polar surface area (TPSA) is 65.7 Å². The maximum atomic E-state index is 9.00. The van der Waals surface area contributed by atoms with Crippen molar-refractivity contribution in [2.45, 2.75) is 34.2 Å². The lowest BCUT2D eigenvalue weighted by Gasteiger charge is -2.29. The van der Waals surface area contributed by atoms with Crippen LogP contribution in [0, 0.1) is 23.7 Å². The van der Waals surface area contributed by atoms with Gasteiger partial charge in [-0.2, -0.15) is 5.26 Å². The van der Waals surface area contributed by atoms with E-state index in [1.807, 2.05) is 13.1 Å². The lowest BCUT2D eigenvalue weighted by molar-refractivity contribution is 0.406. The number of hydrogen-bond donors (Lipinski definition) is 0. The van der Waals surface area contributed by atoms with Gasteiger partial charge in [-0.3, -0.25) is 0 Å². The van der Waals surface area contributed by atoms with Crippen LogP contribution >= 0.6 is 11.3 Å². The van der Waals surface area contributed by atoms with E-state index in [-0.39, 0.29) is 5.41 Å². The van der Waals surface area contributed by atoms with Crippen molar-refractivity contribution in [2.75, 3.05) is 11.4 Å². The summed E-state index contributed by atoms with van der Waals surface area (Å²) < 4.78 is 0. The fraction of sp³-hybridized carbons (Fsp3) is 0.467. The third-order valence-electron chi connectivity index (χ3n) is 2.72. The van der Waals surface area contributed by atoms with Crippen molar-refractivity contribution >= 4 is 17.3 Å². The number of aryl methyl sites for hydroxylation is 1. The van der Waals surface area contributed by atoms with Crippen molar-refractivity contribution < 1.29 is 0 Å². The summed E-state index contributed by atoms with van der Waals surface area (Å²) in [5.41, 5.74) is 0.491. The Kier molecular flexibility index (Phi) is 4.53. The Morgan fingerprint density at radius 3 is 2.67 bits per heavy atom. The number of anilines is 1. The summed E-state index contributed by atoms with van der Waals surface area (Å²) >= 11 is 1.67. The second kappa shape index (κ2) is 6.19. The Morgan fingerprint density at radius 1 is 1.33 bits per heavy atom. The largest absolute Gasteiger partial charge is 0.335 e. The molecule has 0 spiro atoms. The molecular formula is C15H19N5S. The van der Waals surface area contributed by atoms with Gasteiger partial charge in [-0.15, -0.1) is 11.3 Å². The predicted octanol–water partition coefficient (Wildman–Crippen LogP) is 3.17. The molecule has 0 bridgehead atoms. The number of aromatic nitrogens is 3. The number of hydrogen-bond acceptors (Lipinski definition) is 6. The zero-order valence-corrected chi connectivity index (χ0v) is 13.6. The number of nitriles is 1. The molecule has 0 atom stereocenters. The lowest BCUT2D eigenvalue weighted by Crippen LogP contribution is -2.33. The molecule has 6 heteroatoms. The smallest absolute Gasteiger partial charge is 0.226 e. The Morgan fingerprint density at radius 2 is 2.10 bits per heavy atom. The molecule has 0 saturated carbocycles. The molecule has 21 heavy (non-hydrogen) atoms. The van der Waals surface area contributed by atoms with E-state index >= 15 is 0 Å². The van der Waals surface area contributed by atoms with E-state index in [0.717, 1.165) is 11.6 Å². The Balaban J connectivity index is 2.28. The van der Waals surface area contributed by atoms with Crippen LogP contribution in [0.15, 0.2) is 18.5 Å². The molecule has 0 aliphatic carbocycles. The molecule has 0 aliphatic rings. The maximum absolute atomic E-state index is 9.00.